The minimum atomic E-state index is -4.48. The van der Waals surface area contributed by atoms with Crippen LogP contribution in [0.4, 0.5) is 0 Å². The summed E-state index contributed by atoms with van der Waals surface area (Å²) in [6.45, 7) is 3.31. The number of benzene rings is 2. The van der Waals surface area contributed by atoms with Crippen LogP contribution in [0, 0.1) is 0 Å². The maximum absolute atomic E-state index is 11.6. The third-order valence-electron chi connectivity index (χ3n) is 2.59. The summed E-state index contributed by atoms with van der Waals surface area (Å²) in [7, 11) is -4.48. The molecule has 4 nitrogen and oxygen atoms in total. The number of carbonyl (C=O) groups is 1. The van der Waals surface area contributed by atoms with E-state index >= 15 is 0 Å². The Kier molecular flexibility index (Phi) is 3.02. The molecular formula is C13H10O4S. The van der Waals surface area contributed by atoms with Crippen molar-refractivity contribution < 1.29 is 17.8 Å². The van der Waals surface area contributed by atoms with Gasteiger partial charge < -0.3 is 0 Å². The van der Waals surface area contributed by atoms with Crippen molar-refractivity contribution in [1.29, 1.82) is 0 Å². The monoisotopic (exact) mass is 262 g/mol. The zero-order chi connectivity index (χ0) is 13.3. The largest absolute Gasteiger partial charge is 0.295 e. The summed E-state index contributed by atoms with van der Waals surface area (Å²) in [6.07, 6.45) is 1.01. The lowest BCUT2D eigenvalue weighted by molar-refractivity contribution is 0.104. The van der Waals surface area contributed by atoms with Crippen LogP contribution < -0.4 is 0 Å². The predicted molar refractivity (Wildman–Crippen MR) is 68.3 cm³/mol. The number of ketones is 1. The zero-order valence-corrected chi connectivity index (χ0v) is 10.1. The number of fused-ring (bicyclic) bond motifs is 1. The van der Waals surface area contributed by atoms with Gasteiger partial charge in [0.05, 0.1) is 0 Å². The van der Waals surface area contributed by atoms with Gasteiger partial charge in [0.1, 0.15) is 4.90 Å². The molecule has 0 spiro atoms. The highest BCUT2D eigenvalue weighted by atomic mass is 32.2. The molecule has 0 saturated carbocycles. The second-order valence-corrected chi connectivity index (χ2v) is 5.07. The molecule has 0 aliphatic carbocycles. The topological polar surface area (TPSA) is 71.4 Å². The third-order valence-corrected chi connectivity index (χ3v) is 3.54. The van der Waals surface area contributed by atoms with Crippen LogP contribution in [0.25, 0.3) is 10.8 Å². The van der Waals surface area contributed by atoms with Gasteiger partial charge in [0.25, 0.3) is 10.1 Å². The second-order valence-electron chi connectivity index (χ2n) is 3.71. The van der Waals surface area contributed by atoms with Gasteiger partial charge in [-0.1, -0.05) is 36.9 Å². The van der Waals surface area contributed by atoms with Crippen LogP contribution >= 0.6 is 0 Å². The second kappa shape index (κ2) is 4.36. The molecule has 0 unspecified atom stereocenters. The predicted octanol–water partition coefficient (Wildman–Crippen LogP) is 2.46. The normalized spacial score (nSPS) is 11.4. The highest BCUT2D eigenvalue weighted by Crippen LogP contribution is 2.27. The molecule has 18 heavy (non-hydrogen) atoms. The number of hydrogen-bond donors (Lipinski definition) is 1. The fourth-order valence-corrected chi connectivity index (χ4v) is 2.74. The minimum Gasteiger partial charge on any atom is -0.289 e. The van der Waals surface area contributed by atoms with E-state index in [1.807, 2.05) is 0 Å². The highest BCUT2D eigenvalue weighted by molar-refractivity contribution is 7.86. The van der Waals surface area contributed by atoms with Gasteiger partial charge in [-0.3, -0.25) is 9.35 Å². The average molecular weight is 262 g/mol. The average Bonchev–Trinajstić information content (AvgIpc) is 2.35. The van der Waals surface area contributed by atoms with Crippen LogP contribution in [0.5, 0.6) is 0 Å². The molecule has 2 aromatic carbocycles. The highest BCUT2D eigenvalue weighted by Gasteiger charge is 2.21. The van der Waals surface area contributed by atoms with Crippen LogP contribution in [0.2, 0.25) is 0 Å². The quantitative estimate of drug-likeness (QED) is 0.524. The standard InChI is InChI=1S/C13H10O4S/c1-2-12(14)11-8-7-9-5-3-4-6-10(9)13(11)18(15,16)17/h2-8H,1H2,(H,15,16,17). The molecule has 0 amide bonds. The summed E-state index contributed by atoms with van der Waals surface area (Å²) in [5, 5.41) is 0.943. The third kappa shape index (κ3) is 2.05. The van der Waals surface area contributed by atoms with Gasteiger partial charge in [-0.2, -0.15) is 8.42 Å². The van der Waals surface area contributed by atoms with Gasteiger partial charge in [0.2, 0.25) is 0 Å². The van der Waals surface area contributed by atoms with Crippen LogP contribution in [0.15, 0.2) is 53.9 Å². The van der Waals surface area contributed by atoms with Gasteiger partial charge in [0.15, 0.2) is 5.78 Å². The maximum Gasteiger partial charge on any atom is 0.295 e. The summed E-state index contributed by atoms with van der Waals surface area (Å²) >= 11 is 0. The number of allylic oxidation sites excluding steroid dienone is 1. The Hall–Kier alpha value is -1.98. The van der Waals surface area contributed by atoms with Crippen LogP contribution in [0.3, 0.4) is 0 Å². The molecule has 0 radical (unpaired) electrons. The van der Waals surface area contributed by atoms with Crippen molar-refractivity contribution in [2.45, 2.75) is 4.90 Å². The summed E-state index contributed by atoms with van der Waals surface area (Å²) in [5.74, 6) is -0.548. The number of rotatable bonds is 3. The fourth-order valence-electron chi connectivity index (χ4n) is 1.82. The molecule has 0 aliphatic heterocycles. The number of hydrogen-bond acceptors (Lipinski definition) is 3. The van der Waals surface area contributed by atoms with E-state index in [-0.39, 0.29) is 10.5 Å². The van der Waals surface area contributed by atoms with E-state index in [1.54, 1.807) is 24.3 Å². The van der Waals surface area contributed by atoms with E-state index in [2.05, 4.69) is 6.58 Å². The zero-order valence-electron chi connectivity index (χ0n) is 9.33. The molecule has 0 fully saturated rings. The van der Waals surface area contributed by atoms with Crippen molar-refractivity contribution in [3.63, 3.8) is 0 Å². The molecule has 0 atom stereocenters. The SMILES string of the molecule is C=CC(=O)c1ccc2ccccc2c1S(=O)(=O)O. The Morgan fingerprint density at radius 3 is 2.44 bits per heavy atom. The smallest absolute Gasteiger partial charge is 0.289 e. The van der Waals surface area contributed by atoms with Crippen molar-refractivity contribution in [1.82, 2.24) is 0 Å². The molecule has 0 saturated heterocycles. The summed E-state index contributed by atoms with van der Waals surface area (Å²) in [5.41, 5.74) is -0.0776. The first-order valence-corrected chi connectivity index (χ1v) is 6.55. The van der Waals surface area contributed by atoms with Gasteiger partial charge in [-0.15, -0.1) is 0 Å². The molecule has 2 rings (SSSR count). The molecule has 2 aromatic rings. The summed E-state index contributed by atoms with van der Waals surface area (Å²) < 4.78 is 32.2. The number of carbonyl (C=O) groups excluding carboxylic acids is 1. The van der Waals surface area contributed by atoms with E-state index in [4.69, 9.17) is 0 Å². The molecule has 0 heterocycles. The first-order chi connectivity index (χ1) is 8.45. The summed E-state index contributed by atoms with van der Waals surface area (Å²) in [4.78, 5) is 11.3. The van der Waals surface area contributed by atoms with E-state index in [0.717, 1.165) is 6.08 Å². The van der Waals surface area contributed by atoms with Gasteiger partial charge in [-0.05, 0) is 17.5 Å². The summed E-state index contributed by atoms with van der Waals surface area (Å²) in [6, 6.07) is 9.62. The van der Waals surface area contributed by atoms with Crippen LogP contribution in [-0.4, -0.2) is 18.8 Å². The van der Waals surface area contributed by atoms with E-state index in [1.165, 1.54) is 12.1 Å². The van der Waals surface area contributed by atoms with Crippen LogP contribution in [0.1, 0.15) is 10.4 Å². The molecule has 92 valence electrons. The first kappa shape index (κ1) is 12.5. The Labute approximate surface area is 104 Å². The lowest BCUT2D eigenvalue weighted by Gasteiger charge is -2.08. The molecular weight excluding hydrogens is 252 g/mol. The first-order valence-electron chi connectivity index (χ1n) is 5.11. The minimum absolute atomic E-state index is 0.0776. The van der Waals surface area contributed by atoms with Crippen molar-refractivity contribution in [3.8, 4) is 0 Å². The van der Waals surface area contributed by atoms with Gasteiger partial charge >= 0.3 is 0 Å². The lowest BCUT2D eigenvalue weighted by Crippen LogP contribution is -2.07. The Bertz CT molecular complexity index is 745. The fraction of sp³-hybridized carbons (Fsp3) is 0. The van der Waals surface area contributed by atoms with Gasteiger partial charge in [0, 0.05) is 10.9 Å². The molecule has 0 aliphatic rings. The van der Waals surface area contributed by atoms with Crippen molar-refractivity contribution in [2.24, 2.45) is 0 Å². The van der Waals surface area contributed by atoms with E-state index in [9.17, 15) is 17.8 Å². The Morgan fingerprint density at radius 2 is 1.83 bits per heavy atom. The van der Waals surface area contributed by atoms with E-state index < -0.39 is 15.9 Å². The molecule has 0 bridgehead atoms. The Morgan fingerprint density at radius 1 is 1.17 bits per heavy atom. The lowest BCUT2D eigenvalue weighted by atomic mass is 10.0. The maximum atomic E-state index is 11.6. The van der Waals surface area contributed by atoms with Crippen LogP contribution in [-0.2, 0) is 10.1 Å². The van der Waals surface area contributed by atoms with Crippen molar-refractivity contribution in [2.75, 3.05) is 0 Å². The molecule has 1 N–H and O–H groups in total. The molecule has 5 heteroatoms. The van der Waals surface area contributed by atoms with E-state index in [0.29, 0.717) is 10.8 Å². The van der Waals surface area contributed by atoms with Crippen molar-refractivity contribution in [3.05, 3.63) is 54.6 Å². The molecule has 0 aromatic heterocycles. The Balaban J connectivity index is 2.97. The van der Waals surface area contributed by atoms with Crippen molar-refractivity contribution >= 4 is 26.7 Å². The van der Waals surface area contributed by atoms with Gasteiger partial charge in [-0.25, -0.2) is 0 Å².